The number of hydrogen-bond donors (Lipinski definition) is 4. The van der Waals surface area contributed by atoms with Gasteiger partial charge in [-0.2, -0.15) is 8.42 Å². The van der Waals surface area contributed by atoms with Crippen LogP contribution in [0.25, 0.3) is 0 Å². The summed E-state index contributed by atoms with van der Waals surface area (Å²) in [5.41, 5.74) is 6.56. The van der Waals surface area contributed by atoms with Gasteiger partial charge in [-0.3, -0.25) is 10.2 Å². The maximum Gasteiger partial charge on any atom is 0.291 e. The summed E-state index contributed by atoms with van der Waals surface area (Å²) in [7, 11) is -3.87. The van der Waals surface area contributed by atoms with Gasteiger partial charge in [0.2, 0.25) is 5.91 Å². The molecule has 7 nitrogen and oxygen atoms in total. The van der Waals surface area contributed by atoms with Gasteiger partial charge >= 0.3 is 0 Å². The fraction of sp³-hybridized carbons (Fsp3) is 0.500. The molecule has 0 aliphatic heterocycles. The molecule has 0 rings (SSSR count). The summed E-state index contributed by atoms with van der Waals surface area (Å²) in [5, 5.41) is 4.44. The quantitative estimate of drug-likeness (QED) is 0.330. The zero-order chi connectivity index (χ0) is 8.20. The number of hydrogen-bond acceptors (Lipinski definition) is 4. The second-order valence-corrected chi connectivity index (χ2v) is 2.69. The average molecular weight is 168 g/mol. The molecule has 6 N–H and O–H groups in total. The Kier molecular flexibility index (Phi) is 3.22. The molecule has 0 aromatic rings. The summed E-state index contributed by atoms with van der Waals surface area (Å²) in [6.45, 7) is -0.303. The third kappa shape index (κ3) is 5.44. The molecule has 0 aliphatic carbocycles. The minimum Gasteiger partial charge on any atom is -0.322 e. The van der Waals surface area contributed by atoms with Crippen LogP contribution in [0.1, 0.15) is 0 Å². The Morgan fingerprint density at radius 3 is 2.30 bits per heavy atom. The lowest BCUT2D eigenvalue weighted by Gasteiger charge is -2.00. The molecule has 0 fully saturated rings. The van der Waals surface area contributed by atoms with Gasteiger partial charge in [-0.25, -0.2) is 5.14 Å². The van der Waals surface area contributed by atoms with E-state index in [9.17, 15) is 13.2 Å². The van der Waals surface area contributed by atoms with Gasteiger partial charge < -0.3 is 5.73 Å². The van der Waals surface area contributed by atoms with Gasteiger partial charge in [0.05, 0.1) is 6.54 Å². The zero-order valence-electron chi connectivity index (χ0n) is 4.99. The van der Waals surface area contributed by atoms with Crippen LogP contribution in [0.2, 0.25) is 0 Å². The lowest BCUT2D eigenvalue weighted by Crippen LogP contribution is -2.47. The maximum atomic E-state index is 10.2. The minimum atomic E-state index is -3.87. The highest BCUT2D eigenvalue weighted by Crippen LogP contribution is 1.60. The molecule has 0 saturated carbocycles. The first-order valence-electron chi connectivity index (χ1n) is 2.24. The number of nitrogens with one attached hydrogen (secondary N) is 2. The first kappa shape index (κ1) is 9.30. The molecular formula is C2H8N4O3S. The van der Waals surface area contributed by atoms with E-state index in [1.807, 2.05) is 0 Å². The molecule has 1 amide bonds. The lowest BCUT2D eigenvalue weighted by atomic mass is 10.7. The van der Waals surface area contributed by atoms with E-state index in [0.29, 0.717) is 0 Å². The monoisotopic (exact) mass is 168 g/mol. The normalized spacial score (nSPS) is 11.0. The molecule has 0 radical (unpaired) electrons. The standard InChI is InChI=1S/C2H8N4O3S/c3-1-2(7)5-6-10(4,8)9/h6H,1,3H2,(H,5,7)(H2,4,8,9). The van der Waals surface area contributed by atoms with Crippen molar-refractivity contribution < 1.29 is 13.2 Å². The van der Waals surface area contributed by atoms with Gasteiger partial charge in [0.25, 0.3) is 10.2 Å². The van der Waals surface area contributed by atoms with Crippen molar-refractivity contribution in [3.05, 3.63) is 0 Å². The number of carbonyl (C=O) groups excluding carboxylic acids is 1. The van der Waals surface area contributed by atoms with E-state index in [4.69, 9.17) is 5.73 Å². The first-order chi connectivity index (χ1) is 4.45. The molecule has 0 spiro atoms. The second-order valence-electron chi connectivity index (χ2n) is 1.40. The topological polar surface area (TPSA) is 127 Å². The Hall–Kier alpha value is -0.700. The maximum absolute atomic E-state index is 10.2. The largest absolute Gasteiger partial charge is 0.322 e. The predicted octanol–water partition coefficient (Wildman–Crippen LogP) is -3.23. The van der Waals surface area contributed by atoms with E-state index in [1.165, 1.54) is 0 Å². The molecule has 0 bridgehead atoms. The smallest absolute Gasteiger partial charge is 0.291 e. The number of nitrogens with two attached hydrogens (primary N) is 2. The molecule has 0 unspecified atom stereocenters. The van der Waals surface area contributed by atoms with Crippen molar-refractivity contribution in [1.29, 1.82) is 0 Å². The average Bonchev–Trinajstić information content (AvgIpc) is 1.81. The van der Waals surface area contributed by atoms with Crippen molar-refractivity contribution in [2.75, 3.05) is 6.54 Å². The second kappa shape index (κ2) is 3.46. The van der Waals surface area contributed by atoms with Crippen LogP contribution in [0.3, 0.4) is 0 Å². The number of rotatable bonds is 3. The third-order valence-corrected chi connectivity index (χ3v) is 0.905. The van der Waals surface area contributed by atoms with Crippen molar-refractivity contribution in [2.45, 2.75) is 0 Å². The summed E-state index contributed by atoms with van der Waals surface area (Å²) < 4.78 is 20.1. The van der Waals surface area contributed by atoms with E-state index < -0.39 is 16.1 Å². The summed E-state index contributed by atoms with van der Waals surface area (Å²) >= 11 is 0. The van der Waals surface area contributed by atoms with E-state index in [0.717, 1.165) is 0 Å². The van der Waals surface area contributed by atoms with Crippen LogP contribution in [-0.2, 0) is 15.0 Å². The molecule has 10 heavy (non-hydrogen) atoms. The molecular weight excluding hydrogens is 160 g/mol. The van der Waals surface area contributed by atoms with Gasteiger partial charge in [-0.05, 0) is 0 Å². The van der Waals surface area contributed by atoms with E-state index >= 15 is 0 Å². The van der Waals surface area contributed by atoms with Crippen LogP contribution in [0.5, 0.6) is 0 Å². The molecule has 0 aromatic heterocycles. The van der Waals surface area contributed by atoms with Crippen molar-refractivity contribution in [1.82, 2.24) is 10.3 Å². The van der Waals surface area contributed by atoms with Gasteiger partial charge in [0.15, 0.2) is 0 Å². The van der Waals surface area contributed by atoms with Crippen LogP contribution in [0, 0.1) is 0 Å². The number of amides is 1. The third-order valence-electron chi connectivity index (χ3n) is 0.518. The Bertz CT molecular complexity index is 209. The van der Waals surface area contributed by atoms with Crippen LogP contribution in [0.4, 0.5) is 0 Å². The molecule has 0 atom stereocenters. The van der Waals surface area contributed by atoms with Gasteiger partial charge in [0.1, 0.15) is 0 Å². The predicted molar refractivity (Wildman–Crippen MR) is 33.4 cm³/mol. The summed E-state index contributed by atoms with van der Waals surface area (Å²) in [6, 6.07) is 0. The fourth-order valence-electron chi connectivity index (χ4n) is 0.179. The molecule has 8 heteroatoms. The van der Waals surface area contributed by atoms with Crippen molar-refractivity contribution in [3.8, 4) is 0 Å². The highest BCUT2D eigenvalue weighted by atomic mass is 32.2. The molecule has 60 valence electrons. The minimum absolute atomic E-state index is 0.303. The van der Waals surface area contributed by atoms with E-state index in [1.54, 1.807) is 10.3 Å². The van der Waals surface area contributed by atoms with E-state index in [2.05, 4.69) is 5.14 Å². The SMILES string of the molecule is NCC(=O)NNS(N)(=O)=O. The fourth-order valence-corrected chi connectivity index (χ4v) is 0.435. The molecule has 0 aliphatic rings. The zero-order valence-corrected chi connectivity index (χ0v) is 5.81. The van der Waals surface area contributed by atoms with Crippen molar-refractivity contribution in [3.63, 3.8) is 0 Å². The summed E-state index contributed by atoms with van der Waals surface area (Å²) in [6.07, 6.45) is 0. The van der Waals surface area contributed by atoms with Crippen LogP contribution in [-0.4, -0.2) is 20.9 Å². The highest BCUT2D eigenvalue weighted by Gasteiger charge is 2.01. The summed E-state index contributed by atoms with van der Waals surface area (Å²) in [4.78, 5) is 11.8. The van der Waals surface area contributed by atoms with E-state index in [-0.39, 0.29) is 6.54 Å². The number of hydrazine groups is 1. The number of carbonyl (C=O) groups is 1. The first-order valence-corrected chi connectivity index (χ1v) is 3.79. The van der Waals surface area contributed by atoms with Gasteiger partial charge in [0, 0.05) is 0 Å². The van der Waals surface area contributed by atoms with Gasteiger partial charge in [-0.15, -0.1) is 4.83 Å². The Balaban J connectivity index is 3.67. The Morgan fingerprint density at radius 2 is 2.00 bits per heavy atom. The van der Waals surface area contributed by atoms with Crippen LogP contribution < -0.4 is 21.1 Å². The van der Waals surface area contributed by atoms with Crippen molar-refractivity contribution >= 4 is 16.1 Å². The molecule has 0 aromatic carbocycles. The Morgan fingerprint density at radius 1 is 1.50 bits per heavy atom. The van der Waals surface area contributed by atoms with Crippen LogP contribution in [0.15, 0.2) is 0 Å². The summed E-state index contributed by atoms with van der Waals surface area (Å²) in [5.74, 6) is -0.658. The lowest BCUT2D eigenvalue weighted by molar-refractivity contribution is -0.120. The van der Waals surface area contributed by atoms with Crippen LogP contribution >= 0.6 is 0 Å². The molecule has 0 heterocycles. The highest BCUT2D eigenvalue weighted by molar-refractivity contribution is 7.87. The van der Waals surface area contributed by atoms with Crippen molar-refractivity contribution in [2.24, 2.45) is 10.9 Å². The van der Waals surface area contributed by atoms with Gasteiger partial charge in [-0.1, -0.05) is 0 Å². The Labute approximate surface area is 57.9 Å². The molecule has 0 saturated heterocycles.